The van der Waals surface area contributed by atoms with Gasteiger partial charge in [0.1, 0.15) is 18.4 Å². The molecule has 0 amide bonds. The first-order valence-corrected chi connectivity index (χ1v) is 16.1. The number of oxazole rings is 1. The van der Waals surface area contributed by atoms with Gasteiger partial charge in [-0.1, -0.05) is 25.7 Å². The Morgan fingerprint density at radius 3 is 2.71 bits per heavy atom. The lowest BCUT2D eigenvalue weighted by molar-refractivity contribution is 0.0244. The number of ether oxygens (including phenoxy) is 3. The Kier molecular flexibility index (Phi) is 6.85. The molecule has 186 valence electrons. The van der Waals surface area contributed by atoms with E-state index in [0.29, 0.717) is 44.0 Å². The van der Waals surface area contributed by atoms with Crippen molar-refractivity contribution < 1.29 is 18.6 Å². The maximum Gasteiger partial charge on any atom is 0.228 e. The second-order valence-electron chi connectivity index (χ2n) is 10.2. The third kappa shape index (κ3) is 5.53. The van der Waals surface area contributed by atoms with Gasteiger partial charge in [0.15, 0.2) is 17.1 Å². The van der Waals surface area contributed by atoms with Crippen molar-refractivity contribution in [2.24, 2.45) is 0 Å². The number of benzene rings is 1. The highest BCUT2D eigenvalue weighted by atomic mass is 35.5. The van der Waals surface area contributed by atoms with Crippen molar-refractivity contribution in [3.8, 4) is 17.0 Å². The predicted octanol–water partition coefficient (Wildman–Crippen LogP) is 6.07. The molecule has 8 nitrogen and oxygen atoms in total. The van der Waals surface area contributed by atoms with E-state index in [4.69, 9.17) is 30.2 Å². The Labute approximate surface area is 210 Å². The Balaban J connectivity index is 1.57. The van der Waals surface area contributed by atoms with Crippen molar-refractivity contribution >= 4 is 41.8 Å². The molecular weight excluding hydrogens is 484 g/mol. The van der Waals surface area contributed by atoms with Crippen LogP contribution in [0.4, 0.5) is 0 Å². The quantitative estimate of drug-likeness (QED) is 0.160. The molecule has 1 aliphatic rings. The van der Waals surface area contributed by atoms with Gasteiger partial charge in [0, 0.05) is 46.2 Å². The van der Waals surface area contributed by atoms with Crippen molar-refractivity contribution in [3.05, 3.63) is 35.6 Å². The molecule has 1 fully saturated rings. The summed E-state index contributed by atoms with van der Waals surface area (Å²) in [5.41, 5.74) is 4.13. The summed E-state index contributed by atoms with van der Waals surface area (Å²) in [7, 11) is -1.19. The average molecular weight is 515 g/mol. The lowest BCUT2D eigenvalue weighted by Gasteiger charge is -2.23. The highest BCUT2D eigenvalue weighted by molar-refractivity contribution is 6.76. The lowest BCUT2D eigenvalue weighted by atomic mass is 10.1. The van der Waals surface area contributed by atoms with Crippen LogP contribution in [0.15, 0.2) is 28.8 Å². The van der Waals surface area contributed by atoms with Gasteiger partial charge in [-0.15, -0.1) is 0 Å². The molecule has 4 heterocycles. The fraction of sp³-hybridized carbons (Fsp3) is 0.480. The van der Waals surface area contributed by atoms with Gasteiger partial charge in [-0.2, -0.15) is 9.97 Å². The maximum absolute atomic E-state index is 6.39. The highest BCUT2D eigenvalue weighted by Crippen LogP contribution is 2.38. The van der Waals surface area contributed by atoms with Gasteiger partial charge in [-0.25, -0.2) is 4.98 Å². The van der Waals surface area contributed by atoms with Crippen LogP contribution in [0.3, 0.4) is 0 Å². The van der Waals surface area contributed by atoms with E-state index >= 15 is 0 Å². The number of nitrogens with zero attached hydrogens (tertiary/aromatic N) is 4. The lowest BCUT2D eigenvalue weighted by Crippen LogP contribution is -2.26. The van der Waals surface area contributed by atoms with Crippen LogP contribution in [-0.4, -0.2) is 53.5 Å². The molecule has 0 N–H and O–H groups in total. The number of rotatable bonds is 8. The minimum absolute atomic E-state index is 0.0153. The number of fused-ring (bicyclic) bond motifs is 2. The third-order valence-corrected chi connectivity index (χ3v) is 8.01. The van der Waals surface area contributed by atoms with E-state index in [2.05, 4.69) is 34.6 Å². The van der Waals surface area contributed by atoms with E-state index in [1.807, 2.05) is 35.9 Å². The summed E-state index contributed by atoms with van der Waals surface area (Å²) in [6.45, 7) is 11.3. The molecule has 0 aliphatic carbocycles. The molecule has 35 heavy (non-hydrogen) atoms. The molecule has 3 aromatic heterocycles. The zero-order valence-corrected chi connectivity index (χ0v) is 22.4. The van der Waals surface area contributed by atoms with Crippen LogP contribution in [0.1, 0.15) is 18.7 Å². The second kappa shape index (κ2) is 9.89. The van der Waals surface area contributed by atoms with E-state index in [1.54, 1.807) is 0 Å². The van der Waals surface area contributed by atoms with Gasteiger partial charge in [-0.3, -0.25) is 0 Å². The zero-order valence-electron chi connectivity index (χ0n) is 20.6. The van der Waals surface area contributed by atoms with Gasteiger partial charge in [0.2, 0.25) is 11.2 Å². The van der Waals surface area contributed by atoms with Crippen molar-refractivity contribution in [1.29, 1.82) is 0 Å². The van der Waals surface area contributed by atoms with E-state index in [9.17, 15) is 0 Å². The Hall–Kier alpha value is -2.46. The molecule has 1 saturated heterocycles. The predicted molar refractivity (Wildman–Crippen MR) is 139 cm³/mol. The van der Waals surface area contributed by atoms with E-state index in [-0.39, 0.29) is 11.4 Å². The summed E-state index contributed by atoms with van der Waals surface area (Å²) in [6.07, 6.45) is 3.66. The van der Waals surface area contributed by atoms with Crippen molar-refractivity contribution in [2.75, 3.05) is 19.8 Å². The summed E-state index contributed by atoms with van der Waals surface area (Å²) in [5.74, 6) is 1.12. The van der Waals surface area contributed by atoms with Crippen molar-refractivity contribution in [1.82, 2.24) is 19.5 Å². The van der Waals surface area contributed by atoms with Crippen LogP contribution < -0.4 is 4.74 Å². The fourth-order valence-corrected chi connectivity index (χ4v) is 5.15. The molecule has 1 aliphatic heterocycles. The Morgan fingerprint density at radius 1 is 1.14 bits per heavy atom. The summed E-state index contributed by atoms with van der Waals surface area (Å²) < 4.78 is 25.7. The molecule has 0 bridgehead atoms. The molecule has 0 unspecified atom stereocenters. The standard InChI is InChI=1S/C25H31ClN4O4Si/c1-16-27-20-6-5-17(13-21(20)33-16)19-14-30(15-32-11-12-35(2,3)4)23-22(19)24(29-25(26)28-23)34-18-7-9-31-10-8-18/h5-6,13-14,18H,7-12,15H2,1-4H3. The number of aryl methyl sites for hydroxylation is 1. The monoisotopic (exact) mass is 514 g/mol. The van der Waals surface area contributed by atoms with E-state index in [0.717, 1.165) is 46.5 Å². The average Bonchev–Trinajstić information content (AvgIpc) is 3.35. The van der Waals surface area contributed by atoms with Crippen LogP contribution in [0.2, 0.25) is 31.0 Å². The van der Waals surface area contributed by atoms with E-state index in [1.165, 1.54) is 0 Å². The van der Waals surface area contributed by atoms with Crippen molar-refractivity contribution in [3.63, 3.8) is 0 Å². The van der Waals surface area contributed by atoms with Gasteiger partial charge >= 0.3 is 0 Å². The first-order chi connectivity index (χ1) is 16.8. The second-order valence-corrected chi connectivity index (χ2v) is 16.2. The first kappa shape index (κ1) is 24.2. The van der Waals surface area contributed by atoms with Crippen LogP contribution in [0, 0.1) is 6.92 Å². The van der Waals surface area contributed by atoms with Crippen molar-refractivity contribution in [2.45, 2.75) is 58.3 Å². The molecule has 1 aromatic carbocycles. The summed E-state index contributed by atoms with van der Waals surface area (Å²) in [5, 5.41) is 0.958. The largest absolute Gasteiger partial charge is 0.474 e. The number of hydrogen-bond acceptors (Lipinski definition) is 7. The summed E-state index contributed by atoms with van der Waals surface area (Å²) in [6, 6.07) is 7.08. The minimum atomic E-state index is -1.19. The van der Waals surface area contributed by atoms with Gasteiger partial charge in [-0.05, 0) is 35.3 Å². The van der Waals surface area contributed by atoms with Crippen LogP contribution in [-0.2, 0) is 16.2 Å². The van der Waals surface area contributed by atoms with Crippen LogP contribution >= 0.6 is 11.6 Å². The van der Waals surface area contributed by atoms with E-state index < -0.39 is 8.07 Å². The molecule has 10 heteroatoms. The molecule has 5 rings (SSSR count). The third-order valence-electron chi connectivity index (χ3n) is 6.14. The topological polar surface area (TPSA) is 84.4 Å². The highest BCUT2D eigenvalue weighted by Gasteiger charge is 2.24. The molecule has 0 atom stereocenters. The summed E-state index contributed by atoms with van der Waals surface area (Å²) >= 11 is 6.37. The number of halogens is 1. The van der Waals surface area contributed by atoms with Gasteiger partial charge in [0.25, 0.3) is 0 Å². The van der Waals surface area contributed by atoms with Crippen LogP contribution in [0.5, 0.6) is 5.88 Å². The Bertz CT molecular complexity index is 1340. The number of aromatic nitrogens is 4. The maximum atomic E-state index is 6.39. The SMILES string of the molecule is Cc1nc2ccc(-c3cn(COCC[Si](C)(C)C)c4nc(Cl)nc(OC5CCOCC5)c34)cc2o1. The normalized spacial score (nSPS) is 15.3. The smallest absolute Gasteiger partial charge is 0.228 e. The van der Waals surface area contributed by atoms with Gasteiger partial charge in [0.05, 0.1) is 18.6 Å². The molecular formula is C25H31ClN4O4Si. The molecule has 0 radical (unpaired) electrons. The fourth-order valence-electron chi connectivity index (χ4n) is 4.23. The Morgan fingerprint density at radius 2 is 1.94 bits per heavy atom. The molecule has 4 aromatic rings. The summed E-state index contributed by atoms with van der Waals surface area (Å²) in [4.78, 5) is 13.5. The minimum Gasteiger partial charge on any atom is -0.474 e. The first-order valence-electron chi connectivity index (χ1n) is 12.0. The molecule has 0 saturated carbocycles. The number of hydrogen-bond donors (Lipinski definition) is 0. The molecule has 0 spiro atoms. The van der Waals surface area contributed by atoms with Gasteiger partial charge < -0.3 is 23.2 Å². The van der Waals surface area contributed by atoms with Crippen LogP contribution in [0.25, 0.3) is 33.3 Å². The zero-order chi connectivity index (χ0) is 24.6.